The molecule has 0 amide bonds. The lowest BCUT2D eigenvalue weighted by Gasteiger charge is -2.14. The average molecular weight is 230 g/mol. The van der Waals surface area contributed by atoms with Gasteiger partial charge in [-0.15, -0.1) is 0 Å². The third kappa shape index (κ3) is 2.85. The fourth-order valence-corrected chi connectivity index (χ4v) is 1.69. The summed E-state index contributed by atoms with van der Waals surface area (Å²) in [4.78, 5) is 0. The van der Waals surface area contributed by atoms with E-state index in [1.807, 2.05) is 13.1 Å². The lowest BCUT2D eigenvalue weighted by molar-refractivity contribution is 0.731. The molecule has 2 rings (SSSR count). The number of hydrogen-bond acceptors (Lipinski definition) is 3. The van der Waals surface area contributed by atoms with Gasteiger partial charge in [-0.25, -0.2) is 0 Å². The smallest absolute Gasteiger partial charge is 0.123 e. The molecular formula is C13H18N4. The molecule has 0 fully saturated rings. The lowest BCUT2D eigenvalue weighted by Crippen LogP contribution is -2.21. The normalized spacial score (nSPS) is 12.4. The summed E-state index contributed by atoms with van der Waals surface area (Å²) < 4.78 is 1.79. The van der Waals surface area contributed by atoms with E-state index in [1.54, 1.807) is 10.9 Å². The van der Waals surface area contributed by atoms with Gasteiger partial charge < -0.3 is 11.1 Å². The monoisotopic (exact) mass is 230 g/mol. The molecule has 1 unspecified atom stereocenters. The highest BCUT2D eigenvalue weighted by molar-refractivity contribution is 5.34. The third-order valence-electron chi connectivity index (χ3n) is 2.83. The van der Waals surface area contributed by atoms with E-state index in [0.29, 0.717) is 6.54 Å². The Morgan fingerprint density at radius 3 is 2.59 bits per heavy atom. The minimum absolute atomic E-state index is 0.00880. The maximum Gasteiger partial charge on any atom is 0.123 e. The number of anilines is 1. The first-order chi connectivity index (χ1) is 8.16. The summed E-state index contributed by atoms with van der Waals surface area (Å²) in [5, 5.41) is 7.37. The van der Waals surface area contributed by atoms with Gasteiger partial charge in [-0.05, 0) is 12.5 Å². The fourth-order valence-electron chi connectivity index (χ4n) is 1.69. The van der Waals surface area contributed by atoms with Gasteiger partial charge in [0.25, 0.3) is 0 Å². The second kappa shape index (κ2) is 5.01. The van der Waals surface area contributed by atoms with Gasteiger partial charge in [0, 0.05) is 25.7 Å². The molecule has 0 aliphatic carbocycles. The van der Waals surface area contributed by atoms with Crippen molar-refractivity contribution in [3.8, 4) is 0 Å². The van der Waals surface area contributed by atoms with Crippen LogP contribution < -0.4 is 11.1 Å². The van der Waals surface area contributed by atoms with E-state index in [1.165, 1.54) is 5.56 Å². The Balaban J connectivity index is 1.95. The van der Waals surface area contributed by atoms with E-state index >= 15 is 0 Å². The first-order valence-corrected chi connectivity index (χ1v) is 5.71. The van der Waals surface area contributed by atoms with Crippen LogP contribution in [0.25, 0.3) is 0 Å². The molecule has 0 radical (unpaired) electrons. The molecule has 1 aromatic carbocycles. The molecule has 1 aromatic heterocycles. The van der Waals surface area contributed by atoms with Gasteiger partial charge in [0.1, 0.15) is 5.82 Å². The summed E-state index contributed by atoms with van der Waals surface area (Å²) in [6, 6.07) is 10.2. The van der Waals surface area contributed by atoms with Crippen molar-refractivity contribution in [3.05, 3.63) is 47.7 Å². The van der Waals surface area contributed by atoms with Gasteiger partial charge >= 0.3 is 0 Å². The molecule has 0 spiro atoms. The number of rotatable bonds is 4. The summed E-state index contributed by atoms with van der Waals surface area (Å²) in [6.07, 6.45) is 1.76. The van der Waals surface area contributed by atoms with Crippen molar-refractivity contribution in [2.45, 2.75) is 13.0 Å². The first-order valence-electron chi connectivity index (χ1n) is 5.71. The Kier molecular flexibility index (Phi) is 3.44. The van der Waals surface area contributed by atoms with Crippen LogP contribution in [0.4, 0.5) is 5.82 Å². The van der Waals surface area contributed by atoms with E-state index in [2.05, 4.69) is 41.6 Å². The predicted octanol–water partition coefficient (Wildman–Crippen LogP) is 1.84. The van der Waals surface area contributed by atoms with Crippen LogP contribution in [0.5, 0.6) is 0 Å². The van der Waals surface area contributed by atoms with E-state index in [4.69, 9.17) is 5.73 Å². The highest BCUT2D eigenvalue weighted by Crippen LogP contribution is 2.12. The summed E-state index contributed by atoms with van der Waals surface area (Å²) in [7, 11) is 1.90. The van der Waals surface area contributed by atoms with Crippen LogP contribution in [0.3, 0.4) is 0 Å². The minimum atomic E-state index is -0.00880. The lowest BCUT2D eigenvalue weighted by atomic mass is 10.1. The van der Waals surface area contributed by atoms with Gasteiger partial charge in [0.05, 0.1) is 6.20 Å². The molecular weight excluding hydrogens is 212 g/mol. The number of nitrogens with two attached hydrogens (primary N) is 1. The zero-order chi connectivity index (χ0) is 12.3. The molecule has 90 valence electrons. The number of aromatic nitrogens is 2. The molecule has 0 aliphatic heterocycles. The van der Waals surface area contributed by atoms with Crippen molar-refractivity contribution in [3.63, 3.8) is 0 Å². The molecule has 0 saturated carbocycles. The van der Waals surface area contributed by atoms with Crippen LogP contribution in [-0.4, -0.2) is 16.3 Å². The SMILES string of the molecule is Cc1ccc(C(N)CNc2ccnn2C)cc1. The van der Waals surface area contributed by atoms with Crippen LogP contribution in [0.1, 0.15) is 17.2 Å². The molecule has 2 aromatic rings. The molecule has 3 N–H and O–H groups in total. The second-order valence-corrected chi connectivity index (χ2v) is 4.24. The Labute approximate surface area is 101 Å². The topological polar surface area (TPSA) is 55.9 Å². The van der Waals surface area contributed by atoms with Gasteiger partial charge in [-0.3, -0.25) is 4.68 Å². The van der Waals surface area contributed by atoms with Crippen LogP contribution in [-0.2, 0) is 7.05 Å². The number of nitrogens with zero attached hydrogens (tertiary/aromatic N) is 2. The van der Waals surface area contributed by atoms with Crippen molar-refractivity contribution < 1.29 is 0 Å². The quantitative estimate of drug-likeness (QED) is 0.842. The van der Waals surface area contributed by atoms with Crippen LogP contribution in [0.2, 0.25) is 0 Å². The Hall–Kier alpha value is -1.81. The largest absolute Gasteiger partial charge is 0.368 e. The number of nitrogens with one attached hydrogen (secondary N) is 1. The molecule has 1 atom stereocenters. The standard InChI is InChI=1S/C13H18N4/c1-10-3-5-11(6-4-10)12(14)9-15-13-7-8-16-17(13)2/h3-8,12,15H,9,14H2,1-2H3. The Morgan fingerprint density at radius 2 is 2.00 bits per heavy atom. The zero-order valence-electron chi connectivity index (χ0n) is 10.2. The van der Waals surface area contributed by atoms with Crippen molar-refractivity contribution >= 4 is 5.82 Å². The third-order valence-corrected chi connectivity index (χ3v) is 2.83. The van der Waals surface area contributed by atoms with E-state index < -0.39 is 0 Å². The molecule has 1 heterocycles. The van der Waals surface area contributed by atoms with Crippen molar-refractivity contribution in [1.29, 1.82) is 0 Å². The molecule has 0 bridgehead atoms. The van der Waals surface area contributed by atoms with Crippen LogP contribution in [0.15, 0.2) is 36.5 Å². The van der Waals surface area contributed by atoms with Crippen LogP contribution >= 0.6 is 0 Å². The highest BCUT2D eigenvalue weighted by Gasteiger charge is 2.06. The van der Waals surface area contributed by atoms with Crippen molar-refractivity contribution in [1.82, 2.24) is 9.78 Å². The summed E-state index contributed by atoms with van der Waals surface area (Å²) >= 11 is 0. The Morgan fingerprint density at radius 1 is 1.29 bits per heavy atom. The molecule has 4 nitrogen and oxygen atoms in total. The fraction of sp³-hybridized carbons (Fsp3) is 0.308. The molecule has 4 heteroatoms. The van der Waals surface area contributed by atoms with E-state index in [-0.39, 0.29) is 6.04 Å². The maximum atomic E-state index is 6.12. The molecule has 0 saturated heterocycles. The minimum Gasteiger partial charge on any atom is -0.368 e. The first kappa shape index (κ1) is 11.7. The van der Waals surface area contributed by atoms with Gasteiger partial charge in [-0.2, -0.15) is 5.10 Å². The van der Waals surface area contributed by atoms with Gasteiger partial charge in [-0.1, -0.05) is 29.8 Å². The highest BCUT2D eigenvalue weighted by atomic mass is 15.3. The van der Waals surface area contributed by atoms with E-state index in [0.717, 1.165) is 11.4 Å². The second-order valence-electron chi connectivity index (χ2n) is 4.24. The maximum absolute atomic E-state index is 6.12. The predicted molar refractivity (Wildman–Crippen MR) is 69.8 cm³/mol. The summed E-state index contributed by atoms with van der Waals surface area (Å²) in [5.41, 5.74) is 8.51. The van der Waals surface area contributed by atoms with Gasteiger partial charge in [0.2, 0.25) is 0 Å². The summed E-state index contributed by atoms with van der Waals surface area (Å²) in [6.45, 7) is 2.77. The number of benzene rings is 1. The zero-order valence-corrected chi connectivity index (χ0v) is 10.2. The Bertz CT molecular complexity index is 472. The number of hydrogen-bond donors (Lipinski definition) is 2. The van der Waals surface area contributed by atoms with E-state index in [9.17, 15) is 0 Å². The molecule has 17 heavy (non-hydrogen) atoms. The van der Waals surface area contributed by atoms with Crippen molar-refractivity contribution in [2.75, 3.05) is 11.9 Å². The molecule has 0 aliphatic rings. The average Bonchev–Trinajstić information content (AvgIpc) is 2.73. The number of aryl methyl sites for hydroxylation is 2. The van der Waals surface area contributed by atoms with Gasteiger partial charge in [0.15, 0.2) is 0 Å². The van der Waals surface area contributed by atoms with Crippen LogP contribution in [0, 0.1) is 6.92 Å². The van der Waals surface area contributed by atoms with Crippen molar-refractivity contribution in [2.24, 2.45) is 12.8 Å². The summed E-state index contributed by atoms with van der Waals surface area (Å²) in [5.74, 6) is 0.979.